The molecule has 4 atom stereocenters. The lowest BCUT2D eigenvalue weighted by Gasteiger charge is -2.36. The van der Waals surface area contributed by atoms with Crippen LogP contribution in [0.25, 0.3) is 0 Å². The summed E-state index contributed by atoms with van der Waals surface area (Å²) in [6.07, 6.45) is 14.9. The van der Waals surface area contributed by atoms with Gasteiger partial charge in [-0.2, -0.15) is 0 Å². The summed E-state index contributed by atoms with van der Waals surface area (Å²) in [5.41, 5.74) is 14.7. The van der Waals surface area contributed by atoms with Crippen LogP contribution >= 0.6 is 18.1 Å². The number of carbonyl (C=O) groups excluding carboxylic acids is 2. The molecule has 8 heteroatoms. The summed E-state index contributed by atoms with van der Waals surface area (Å²) in [6, 6.07) is -1.32. The molecule has 2 heterocycles. The standard InChI is InChI=1S/C22H36N2O3S3/c1-29(13-17(19(23)21(29)25)15-9-5-3-6-10-15)28(27)30(2)14-18(20(24)22(30)26)16-11-7-4-8-12-16/h13-16,19-20H,3-12,23-24H2,1-2H3. The minimum Gasteiger partial charge on any atom is -0.317 e. The van der Waals surface area contributed by atoms with Crippen molar-refractivity contribution in [3.8, 4) is 0 Å². The monoisotopic (exact) mass is 472 g/mol. The van der Waals surface area contributed by atoms with Gasteiger partial charge in [-0.15, -0.1) is 0 Å². The summed E-state index contributed by atoms with van der Waals surface area (Å²) < 4.78 is 14.0. The zero-order chi connectivity index (χ0) is 21.7. The lowest BCUT2D eigenvalue weighted by molar-refractivity contribution is -0.112. The van der Waals surface area contributed by atoms with E-state index in [1.807, 2.05) is 23.3 Å². The fourth-order valence-electron chi connectivity index (χ4n) is 5.64. The van der Waals surface area contributed by atoms with Crippen molar-refractivity contribution in [2.45, 2.75) is 76.3 Å². The van der Waals surface area contributed by atoms with Crippen LogP contribution in [0, 0.1) is 11.8 Å². The minimum atomic E-state index is -2.30. The maximum absolute atomic E-state index is 14.0. The normalized spacial score (nSPS) is 44.1. The van der Waals surface area contributed by atoms with Gasteiger partial charge in [-0.3, -0.25) is 9.59 Å². The molecule has 2 fully saturated rings. The summed E-state index contributed by atoms with van der Waals surface area (Å²) in [5, 5.41) is 3.71. The molecule has 0 amide bonds. The molecule has 0 radical (unpaired) electrons. The minimum absolute atomic E-state index is 0.115. The van der Waals surface area contributed by atoms with Crippen LogP contribution in [0.15, 0.2) is 22.0 Å². The molecule has 5 nitrogen and oxygen atoms in total. The van der Waals surface area contributed by atoms with Crippen molar-refractivity contribution in [2.24, 2.45) is 23.3 Å². The van der Waals surface area contributed by atoms with Crippen LogP contribution in [0.3, 0.4) is 0 Å². The third kappa shape index (κ3) is 3.60. The zero-order valence-electron chi connectivity index (χ0n) is 18.1. The molecule has 2 aliphatic heterocycles. The molecule has 170 valence electrons. The summed E-state index contributed by atoms with van der Waals surface area (Å²) in [7, 11) is -6.20. The highest BCUT2D eigenvalue weighted by molar-refractivity contribution is 9.26. The van der Waals surface area contributed by atoms with Gasteiger partial charge in [-0.05, 0) is 72.0 Å². The van der Waals surface area contributed by atoms with Crippen molar-refractivity contribution in [1.29, 1.82) is 0 Å². The third-order valence-electron chi connectivity index (χ3n) is 7.47. The number of hydrogen-bond donors (Lipinski definition) is 2. The van der Waals surface area contributed by atoms with Gasteiger partial charge in [0, 0.05) is 0 Å². The average molecular weight is 473 g/mol. The van der Waals surface area contributed by atoms with Gasteiger partial charge in [0.1, 0.15) is 8.86 Å². The van der Waals surface area contributed by atoms with Gasteiger partial charge in [0.05, 0.1) is 12.1 Å². The molecule has 0 aromatic rings. The van der Waals surface area contributed by atoms with Crippen LogP contribution in [-0.4, -0.2) is 39.0 Å². The van der Waals surface area contributed by atoms with E-state index in [-0.39, 0.29) is 10.2 Å². The molecule has 0 aromatic carbocycles. The molecule has 4 rings (SSSR count). The maximum atomic E-state index is 14.0. The molecule has 4 N–H and O–H groups in total. The van der Waals surface area contributed by atoms with Crippen molar-refractivity contribution in [2.75, 3.05) is 12.5 Å². The van der Waals surface area contributed by atoms with Gasteiger partial charge in [0.2, 0.25) is 10.2 Å². The van der Waals surface area contributed by atoms with E-state index in [1.54, 1.807) is 0 Å². The average Bonchev–Trinajstić information content (AvgIpc) is 3.15. The molecule has 2 saturated carbocycles. The topological polar surface area (TPSA) is 103 Å². The van der Waals surface area contributed by atoms with E-state index < -0.39 is 39.1 Å². The van der Waals surface area contributed by atoms with Crippen molar-refractivity contribution in [1.82, 2.24) is 0 Å². The van der Waals surface area contributed by atoms with Crippen LogP contribution in [0.2, 0.25) is 0 Å². The number of carbonyl (C=O) groups is 2. The number of nitrogens with two attached hydrogens (primary N) is 2. The molecule has 4 aliphatic rings. The SMILES string of the molecule is CS1(S(=O)S2(C)C=C(C3CCCCC3)C(N)C2=O)C=C(C2CCCCC2)C(N)C1=O. The Hall–Kier alpha value is -0.410. The Bertz CT molecular complexity index is 763. The van der Waals surface area contributed by atoms with E-state index in [0.717, 1.165) is 62.5 Å². The second kappa shape index (κ2) is 8.50. The van der Waals surface area contributed by atoms with Gasteiger partial charge in [-0.1, -0.05) is 56.6 Å². The molecular formula is C22H36N2O3S3. The van der Waals surface area contributed by atoms with Gasteiger partial charge >= 0.3 is 0 Å². The summed E-state index contributed by atoms with van der Waals surface area (Å²) in [6.45, 7) is 0. The summed E-state index contributed by atoms with van der Waals surface area (Å²) >= 11 is 0. The molecule has 4 unspecified atom stereocenters. The molecule has 0 bridgehead atoms. The maximum Gasteiger partial charge on any atom is 0.207 e. The lowest BCUT2D eigenvalue weighted by atomic mass is 9.82. The second-order valence-electron chi connectivity index (χ2n) is 9.51. The van der Waals surface area contributed by atoms with Gasteiger partial charge < -0.3 is 11.5 Å². The number of rotatable bonds is 4. The Morgan fingerprint density at radius 1 is 0.733 bits per heavy atom. The van der Waals surface area contributed by atoms with Crippen LogP contribution in [0.5, 0.6) is 0 Å². The molecule has 0 saturated heterocycles. The fraction of sp³-hybridized carbons (Fsp3) is 0.727. The predicted molar refractivity (Wildman–Crippen MR) is 130 cm³/mol. The summed E-state index contributed by atoms with van der Waals surface area (Å²) in [4.78, 5) is 26.6. The first-order chi connectivity index (χ1) is 14.2. The highest BCUT2D eigenvalue weighted by Crippen LogP contribution is 2.73. The van der Waals surface area contributed by atoms with Crippen molar-refractivity contribution in [3.05, 3.63) is 22.0 Å². The quantitative estimate of drug-likeness (QED) is 0.600. The van der Waals surface area contributed by atoms with Crippen LogP contribution in [0.1, 0.15) is 64.2 Å². The van der Waals surface area contributed by atoms with Crippen molar-refractivity contribution < 1.29 is 13.8 Å². The predicted octanol–water partition coefficient (Wildman–Crippen LogP) is 4.10. The Labute approximate surface area is 184 Å². The molecule has 0 spiro atoms. The van der Waals surface area contributed by atoms with Crippen molar-refractivity contribution >= 4 is 37.2 Å². The van der Waals surface area contributed by atoms with Crippen LogP contribution in [-0.2, 0) is 18.5 Å². The largest absolute Gasteiger partial charge is 0.317 e. The zero-order valence-corrected chi connectivity index (χ0v) is 20.6. The smallest absolute Gasteiger partial charge is 0.207 e. The first-order valence-corrected chi connectivity index (χ1v) is 17.6. The van der Waals surface area contributed by atoms with E-state index in [0.29, 0.717) is 11.8 Å². The molecule has 0 aromatic heterocycles. The third-order valence-corrected chi connectivity index (χ3v) is 22.2. The molecule has 2 aliphatic carbocycles. The van der Waals surface area contributed by atoms with Crippen LogP contribution < -0.4 is 11.5 Å². The highest BCUT2D eigenvalue weighted by Gasteiger charge is 2.54. The van der Waals surface area contributed by atoms with Gasteiger partial charge in [0.25, 0.3) is 0 Å². The van der Waals surface area contributed by atoms with Gasteiger partial charge in [-0.25, -0.2) is 4.21 Å². The van der Waals surface area contributed by atoms with E-state index in [1.165, 1.54) is 12.8 Å². The Kier molecular flexibility index (Phi) is 6.45. The van der Waals surface area contributed by atoms with Gasteiger partial charge in [0.15, 0.2) is 0 Å². The van der Waals surface area contributed by atoms with E-state index in [2.05, 4.69) is 0 Å². The number of hydrogen-bond acceptors (Lipinski definition) is 5. The Morgan fingerprint density at radius 3 is 1.40 bits per heavy atom. The van der Waals surface area contributed by atoms with E-state index in [9.17, 15) is 13.8 Å². The van der Waals surface area contributed by atoms with Crippen LogP contribution in [0.4, 0.5) is 0 Å². The van der Waals surface area contributed by atoms with Crippen molar-refractivity contribution in [3.63, 3.8) is 0 Å². The van der Waals surface area contributed by atoms with E-state index >= 15 is 0 Å². The Balaban J connectivity index is 1.66. The Morgan fingerprint density at radius 2 is 1.07 bits per heavy atom. The lowest BCUT2D eigenvalue weighted by Crippen LogP contribution is -2.35. The molecule has 30 heavy (non-hydrogen) atoms. The summed E-state index contributed by atoms with van der Waals surface area (Å²) in [5.74, 6) is 0.642. The second-order valence-corrected chi connectivity index (χ2v) is 21.4. The first-order valence-electron chi connectivity index (χ1n) is 11.2. The fourth-order valence-corrected chi connectivity index (χ4v) is 21.4. The molecular weight excluding hydrogens is 436 g/mol. The van der Waals surface area contributed by atoms with E-state index in [4.69, 9.17) is 11.5 Å². The first kappa shape index (κ1) is 22.8. The highest BCUT2D eigenvalue weighted by atomic mass is 33.6.